The van der Waals surface area contributed by atoms with Gasteiger partial charge in [-0.25, -0.2) is 4.79 Å². The molecule has 0 spiro atoms. The van der Waals surface area contributed by atoms with E-state index in [1.165, 1.54) is 24.3 Å². The zero-order valence-electron chi connectivity index (χ0n) is 14.5. The summed E-state index contributed by atoms with van der Waals surface area (Å²) in [7, 11) is 0. The van der Waals surface area contributed by atoms with Gasteiger partial charge in [0, 0.05) is 0 Å². The molecule has 0 aromatic heterocycles. The number of carbonyl (C=O) groups excluding carboxylic acids is 2. The van der Waals surface area contributed by atoms with Gasteiger partial charge in [0.15, 0.2) is 6.61 Å². The topological polar surface area (TPSA) is 75.6 Å². The highest BCUT2D eigenvalue weighted by atomic mass is 16.5. The first-order valence-electron chi connectivity index (χ1n) is 8.49. The number of benzene rings is 3. The second-order valence-electron chi connectivity index (χ2n) is 5.95. The number of hydrogen-bond donors (Lipinski definition) is 2. The predicted molar refractivity (Wildman–Crippen MR) is 101 cm³/mol. The van der Waals surface area contributed by atoms with Crippen LogP contribution in [0.4, 0.5) is 0 Å². The number of phenols is 1. The Hall–Kier alpha value is -3.60. The fourth-order valence-electron chi connectivity index (χ4n) is 2.70. The molecule has 0 aliphatic carbocycles. The van der Waals surface area contributed by atoms with Gasteiger partial charge in [0.05, 0.1) is 11.6 Å². The first kappa shape index (κ1) is 18.2. The third-order valence-electron chi connectivity index (χ3n) is 3.99. The summed E-state index contributed by atoms with van der Waals surface area (Å²) in [6, 6.07) is 24.6. The lowest BCUT2D eigenvalue weighted by atomic mass is 9.99. The Labute approximate surface area is 157 Å². The molecule has 0 fully saturated rings. The van der Waals surface area contributed by atoms with Crippen molar-refractivity contribution in [2.75, 3.05) is 6.61 Å². The van der Waals surface area contributed by atoms with Crippen molar-refractivity contribution in [3.8, 4) is 5.75 Å². The van der Waals surface area contributed by atoms with Gasteiger partial charge in [-0.3, -0.25) is 4.79 Å². The molecule has 0 radical (unpaired) electrons. The molecule has 27 heavy (non-hydrogen) atoms. The molecule has 3 rings (SSSR count). The van der Waals surface area contributed by atoms with Gasteiger partial charge in [0.1, 0.15) is 5.75 Å². The largest absolute Gasteiger partial charge is 0.508 e. The summed E-state index contributed by atoms with van der Waals surface area (Å²) in [6.45, 7) is -0.412. The summed E-state index contributed by atoms with van der Waals surface area (Å²) in [5, 5.41) is 12.3. The van der Waals surface area contributed by atoms with Gasteiger partial charge in [-0.2, -0.15) is 0 Å². The minimum Gasteiger partial charge on any atom is -0.508 e. The van der Waals surface area contributed by atoms with Crippen molar-refractivity contribution in [2.24, 2.45) is 0 Å². The minimum absolute atomic E-state index is 0.0397. The van der Waals surface area contributed by atoms with Crippen LogP contribution in [-0.2, 0) is 9.53 Å². The second kappa shape index (κ2) is 8.67. The van der Waals surface area contributed by atoms with Crippen molar-refractivity contribution in [3.63, 3.8) is 0 Å². The van der Waals surface area contributed by atoms with Crippen LogP contribution in [0.25, 0.3) is 0 Å². The SMILES string of the molecule is O=C(COC(=O)c1cccc(O)c1)NC(c1ccccc1)c1ccccc1. The molecule has 3 aromatic rings. The first-order valence-corrected chi connectivity index (χ1v) is 8.49. The van der Waals surface area contributed by atoms with Crippen molar-refractivity contribution in [2.45, 2.75) is 6.04 Å². The molecule has 0 aliphatic heterocycles. The van der Waals surface area contributed by atoms with Gasteiger partial charge in [0.25, 0.3) is 5.91 Å². The molecule has 0 bridgehead atoms. The number of amides is 1. The first-order chi connectivity index (χ1) is 13.1. The van der Waals surface area contributed by atoms with Crippen LogP contribution in [0.5, 0.6) is 5.75 Å². The van der Waals surface area contributed by atoms with E-state index in [-0.39, 0.29) is 17.4 Å². The van der Waals surface area contributed by atoms with Gasteiger partial charge in [-0.05, 0) is 29.3 Å². The summed E-state index contributed by atoms with van der Waals surface area (Å²) < 4.78 is 5.06. The van der Waals surface area contributed by atoms with E-state index in [1.807, 2.05) is 60.7 Å². The summed E-state index contributed by atoms with van der Waals surface area (Å²) in [5.41, 5.74) is 2.04. The van der Waals surface area contributed by atoms with Crippen LogP contribution in [0.3, 0.4) is 0 Å². The highest BCUT2D eigenvalue weighted by Gasteiger charge is 2.18. The van der Waals surface area contributed by atoms with Gasteiger partial charge >= 0.3 is 5.97 Å². The van der Waals surface area contributed by atoms with Gasteiger partial charge in [-0.1, -0.05) is 66.7 Å². The van der Waals surface area contributed by atoms with E-state index in [9.17, 15) is 14.7 Å². The van der Waals surface area contributed by atoms with Crippen molar-refractivity contribution in [1.29, 1.82) is 0 Å². The number of carbonyl (C=O) groups is 2. The van der Waals surface area contributed by atoms with Crippen LogP contribution in [0.2, 0.25) is 0 Å². The molecule has 5 nitrogen and oxygen atoms in total. The Morgan fingerprint density at radius 2 is 1.44 bits per heavy atom. The minimum atomic E-state index is -0.669. The lowest BCUT2D eigenvalue weighted by Gasteiger charge is -2.20. The van der Waals surface area contributed by atoms with E-state index in [0.717, 1.165) is 11.1 Å². The lowest BCUT2D eigenvalue weighted by molar-refractivity contribution is -0.124. The summed E-state index contributed by atoms with van der Waals surface area (Å²) in [5.74, 6) is -1.12. The van der Waals surface area contributed by atoms with Crippen LogP contribution >= 0.6 is 0 Å². The highest BCUT2D eigenvalue weighted by Crippen LogP contribution is 2.21. The average Bonchev–Trinajstić information content (AvgIpc) is 2.71. The van der Waals surface area contributed by atoms with E-state index in [1.54, 1.807) is 0 Å². The Morgan fingerprint density at radius 1 is 0.852 bits per heavy atom. The molecule has 1 amide bonds. The Morgan fingerprint density at radius 3 is 2.00 bits per heavy atom. The normalized spacial score (nSPS) is 10.4. The monoisotopic (exact) mass is 361 g/mol. The molecule has 0 atom stereocenters. The van der Waals surface area contributed by atoms with Crippen LogP contribution in [0.15, 0.2) is 84.9 Å². The average molecular weight is 361 g/mol. The number of aromatic hydroxyl groups is 1. The standard InChI is InChI=1S/C22H19NO4/c24-19-13-7-12-18(14-19)22(26)27-15-20(25)23-21(16-8-3-1-4-9-16)17-10-5-2-6-11-17/h1-14,21,24H,15H2,(H,23,25). The number of ether oxygens (including phenoxy) is 1. The van der Waals surface area contributed by atoms with Crippen molar-refractivity contribution < 1.29 is 19.4 Å². The molecule has 0 aliphatic rings. The number of nitrogens with one attached hydrogen (secondary N) is 1. The van der Waals surface area contributed by atoms with Crippen molar-refractivity contribution in [1.82, 2.24) is 5.32 Å². The maximum Gasteiger partial charge on any atom is 0.338 e. The molecule has 0 saturated heterocycles. The maximum absolute atomic E-state index is 12.4. The summed E-state index contributed by atoms with van der Waals surface area (Å²) >= 11 is 0. The maximum atomic E-state index is 12.4. The van der Waals surface area contributed by atoms with Crippen LogP contribution in [0, 0.1) is 0 Å². The van der Waals surface area contributed by atoms with Gasteiger partial charge in [0.2, 0.25) is 0 Å². The number of hydrogen-bond acceptors (Lipinski definition) is 4. The molecule has 3 aromatic carbocycles. The van der Waals surface area contributed by atoms with Gasteiger partial charge < -0.3 is 15.2 Å². The fourth-order valence-corrected chi connectivity index (χ4v) is 2.70. The molecular weight excluding hydrogens is 342 g/mol. The van der Waals surface area contributed by atoms with Crippen LogP contribution in [-0.4, -0.2) is 23.6 Å². The molecule has 0 saturated carbocycles. The summed E-state index contributed by atoms with van der Waals surface area (Å²) in [6.07, 6.45) is 0. The van der Waals surface area contributed by atoms with Crippen molar-refractivity contribution >= 4 is 11.9 Å². The van der Waals surface area contributed by atoms with Crippen LogP contribution in [0.1, 0.15) is 27.5 Å². The second-order valence-corrected chi connectivity index (χ2v) is 5.95. The molecule has 5 heteroatoms. The van der Waals surface area contributed by atoms with E-state index in [0.29, 0.717) is 0 Å². The van der Waals surface area contributed by atoms with Crippen molar-refractivity contribution in [3.05, 3.63) is 102 Å². The smallest absolute Gasteiger partial charge is 0.338 e. The lowest BCUT2D eigenvalue weighted by Crippen LogP contribution is -2.33. The van der Waals surface area contributed by atoms with E-state index >= 15 is 0 Å². The van der Waals surface area contributed by atoms with Crippen LogP contribution < -0.4 is 5.32 Å². The quantitative estimate of drug-likeness (QED) is 0.660. The number of rotatable bonds is 6. The third kappa shape index (κ3) is 4.95. The third-order valence-corrected chi connectivity index (χ3v) is 3.99. The van der Waals surface area contributed by atoms with Gasteiger partial charge in [-0.15, -0.1) is 0 Å². The highest BCUT2D eigenvalue weighted by molar-refractivity contribution is 5.91. The Balaban J connectivity index is 1.67. The Bertz CT molecular complexity index is 870. The molecule has 2 N–H and O–H groups in total. The zero-order chi connectivity index (χ0) is 19.1. The molecule has 0 heterocycles. The number of esters is 1. The molecule has 136 valence electrons. The van der Waals surface area contributed by atoms with E-state index in [2.05, 4.69) is 5.32 Å². The number of phenolic OH excluding ortho intramolecular Hbond substituents is 1. The fraction of sp³-hybridized carbons (Fsp3) is 0.0909. The summed E-state index contributed by atoms with van der Waals surface area (Å²) in [4.78, 5) is 24.4. The van der Waals surface area contributed by atoms with E-state index < -0.39 is 18.5 Å². The molecule has 0 unspecified atom stereocenters. The van der Waals surface area contributed by atoms with E-state index in [4.69, 9.17) is 4.74 Å². The zero-order valence-corrected chi connectivity index (χ0v) is 14.5. The Kier molecular flexibility index (Phi) is 5.84. The predicted octanol–water partition coefficient (Wildman–Crippen LogP) is 3.45. The molecular formula is C22H19NO4.